The summed E-state index contributed by atoms with van der Waals surface area (Å²) in [4.78, 5) is 7.30. The van der Waals surface area contributed by atoms with Crippen molar-refractivity contribution >= 4 is 0 Å². The molecular weight excluding hydrogens is 131 g/mol. The van der Waals surface area contributed by atoms with Crippen LogP contribution in [0.2, 0.25) is 0 Å². The molecule has 0 bridgehead atoms. The monoisotopic (exact) mass is 140 g/mol. The fourth-order valence-corrected chi connectivity index (χ4v) is 0.754. The summed E-state index contributed by atoms with van der Waals surface area (Å²) < 4.78 is 12.6. The highest BCUT2D eigenvalue weighted by atomic mass is 19.1. The van der Waals surface area contributed by atoms with E-state index in [1.807, 2.05) is 6.92 Å². The molecule has 0 fully saturated rings. The molecule has 3 heteroatoms. The van der Waals surface area contributed by atoms with Gasteiger partial charge in [-0.3, -0.25) is 4.98 Å². The van der Waals surface area contributed by atoms with Crippen LogP contribution in [0.4, 0.5) is 4.39 Å². The molecule has 0 spiro atoms. The molecule has 0 atom stereocenters. The first kappa shape index (κ1) is 7.12. The van der Waals surface area contributed by atoms with Crippen LogP contribution >= 0.6 is 0 Å². The number of halogens is 1. The number of aromatic nitrogens is 2. The normalized spacial score (nSPS) is 9.80. The van der Waals surface area contributed by atoms with Gasteiger partial charge in [0, 0.05) is 12.4 Å². The Morgan fingerprint density at radius 1 is 1.40 bits per heavy atom. The molecule has 0 aliphatic heterocycles. The van der Waals surface area contributed by atoms with Crippen LogP contribution in [0.25, 0.3) is 0 Å². The summed E-state index contributed by atoms with van der Waals surface area (Å²) in [6.07, 6.45) is 4.43. The van der Waals surface area contributed by atoms with E-state index in [9.17, 15) is 4.39 Å². The van der Waals surface area contributed by atoms with Gasteiger partial charge in [-0.05, 0) is 6.42 Å². The average Bonchev–Trinajstić information content (AvgIpc) is 1.94. The minimum Gasteiger partial charge on any atom is -0.255 e. The van der Waals surface area contributed by atoms with Crippen molar-refractivity contribution < 1.29 is 4.39 Å². The second kappa shape index (κ2) is 3.25. The van der Waals surface area contributed by atoms with Gasteiger partial charge >= 0.3 is 0 Å². The molecule has 0 amide bonds. The molecule has 1 aromatic rings. The standard InChI is InChI=1S/C7H9FN2/c1-2-3-6-7(8)10-5-4-9-6/h4-5H,2-3H2,1H3. The van der Waals surface area contributed by atoms with E-state index in [4.69, 9.17) is 0 Å². The zero-order valence-corrected chi connectivity index (χ0v) is 5.84. The maximum absolute atomic E-state index is 12.6. The quantitative estimate of drug-likeness (QED) is 0.623. The molecular formula is C7H9FN2. The minimum absolute atomic E-state index is 0.440. The van der Waals surface area contributed by atoms with Crippen LogP contribution in [0, 0.1) is 5.95 Å². The van der Waals surface area contributed by atoms with Crippen molar-refractivity contribution in [3.63, 3.8) is 0 Å². The second-order valence-corrected chi connectivity index (χ2v) is 2.04. The van der Waals surface area contributed by atoms with E-state index in [1.165, 1.54) is 12.4 Å². The third kappa shape index (κ3) is 1.50. The molecule has 0 unspecified atom stereocenters. The van der Waals surface area contributed by atoms with Gasteiger partial charge in [0.2, 0.25) is 5.95 Å². The van der Waals surface area contributed by atoms with E-state index in [-0.39, 0.29) is 0 Å². The number of hydrogen-bond acceptors (Lipinski definition) is 2. The van der Waals surface area contributed by atoms with Gasteiger partial charge < -0.3 is 0 Å². The molecule has 1 aromatic heterocycles. The smallest absolute Gasteiger partial charge is 0.234 e. The fraction of sp³-hybridized carbons (Fsp3) is 0.429. The van der Waals surface area contributed by atoms with Crippen LogP contribution in [-0.4, -0.2) is 9.97 Å². The van der Waals surface area contributed by atoms with Crippen molar-refractivity contribution in [2.24, 2.45) is 0 Å². The number of hydrogen-bond donors (Lipinski definition) is 0. The van der Waals surface area contributed by atoms with E-state index >= 15 is 0 Å². The summed E-state index contributed by atoms with van der Waals surface area (Å²) >= 11 is 0. The van der Waals surface area contributed by atoms with Gasteiger partial charge in [0.1, 0.15) is 0 Å². The van der Waals surface area contributed by atoms with Crippen molar-refractivity contribution in [1.29, 1.82) is 0 Å². The van der Waals surface area contributed by atoms with Crippen molar-refractivity contribution in [2.75, 3.05) is 0 Å². The highest BCUT2D eigenvalue weighted by Gasteiger charge is 2.00. The van der Waals surface area contributed by atoms with Crippen LogP contribution in [0.5, 0.6) is 0 Å². The second-order valence-electron chi connectivity index (χ2n) is 2.04. The molecule has 54 valence electrons. The Morgan fingerprint density at radius 2 is 2.10 bits per heavy atom. The zero-order valence-electron chi connectivity index (χ0n) is 5.84. The van der Waals surface area contributed by atoms with Crippen LogP contribution in [0.15, 0.2) is 12.4 Å². The van der Waals surface area contributed by atoms with Crippen LogP contribution in [0.1, 0.15) is 19.0 Å². The van der Waals surface area contributed by atoms with Gasteiger partial charge in [0.25, 0.3) is 0 Å². The number of nitrogens with zero attached hydrogens (tertiary/aromatic N) is 2. The predicted octanol–water partition coefficient (Wildman–Crippen LogP) is 1.57. The fourth-order valence-electron chi connectivity index (χ4n) is 0.754. The van der Waals surface area contributed by atoms with E-state index in [0.717, 1.165) is 6.42 Å². The predicted molar refractivity (Wildman–Crippen MR) is 36.0 cm³/mol. The third-order valence-corrected chi connectivity index (χ3v) is 1.21. The lowest BCUT2D eigenvalue weighted by Gasteiger charge is -1.95. The van der Waals surface area contributed by atoms with Gasteiger partial charge in [-0.25, -0.2) is 4.98 Å². The number of rotatable bonds is 2. The molecule has 0 aliphatic carbocycles. The molecule has 0 saturated heterocycles. The molecule has 0 radical (unpaired) electrons. The average molecular weight is 140 g/mol. The van der Waals surface area contributed by atoms with E-state index < -0.39 is 5.95 Å². The highest BCUT2D eigenvalue weighted by Crippen LogP contribution is 2.00. The molecule has 0 saturated carbocycles. The van der Waals surface area contributed by atoms with Crippen molar-refractivity contribution in [2.45, 2.75) is 19.8 Å². The molecule has 10 heavy (non-hydrogen) atoms. The molecule has 0 N–H and O–H groups in total. The van der Waals surface area contributed by atoms with Gasteiger partial charge in [0.05, 0.1) is 5.69 Å². The summed E-state index contributed by atoms with van der Waals surface area (Å²) in [7, 11) is 0. The van der Waals surface area contributed by atoms with E-state index in [2.05, 4.69) is 9.97 Å². The lowest BCUT2D eigenvalue weighted by Crippen LogP contribution is -1.95. The molecule has 0 aliphatic rings. The maximum atomic E-state index is 12.6. The topological polar surface area (TPSA) is 25.8 Å². The minimum atomic E-state index is -0.440. The largest absolute Gasteiger partial charge is 0.255 e. The Hall–Kier alpha value is -0.990. The zero-order chi connectivity index (χ0) is 7.40. The van der Waals surface area contributed by atoms with Crippen LogP contribution in [-0.2, 0) is 6.42 Å². The van der Waals surface area contributed by atoms with Gasteiger partial charge in [-0.15, -0.1) is 0 Å². The Kier molecular flexibility index (Phi) is 2.31. The molecule has 0 aromatic carbocycles. The summed E-state index contributed by atoms with van der Waals surface area (Å²) in [6.45, 7) is 1.98. The number of aryl methyl sites for hydroxylation is 1. The third-order valence-electron chi connectivity index (χ3n) is 1.21. The van der Waals surface area contributed by atoms with Crippen molar-refractivity contribution in [3.05, 3.63) is 24.0 Å². The highest BCUT2D eigenvalue weighted by molar-refractivity contribution is 4.97. The van der Waals surface area contributed by atoms with Gasteiger partial charge in [-0.1, -0.05) is 13.3 Å². The Bertz CT molecular complexity index is 213. The van der Waals surface area contributed by atoms with Crippen molar-refractivity contribution in [3.8, 4) is 0 Å². The summed E-state index contributed by atoms with van der Waals surface area (Å²) in [5.74, 6) is -0.440. The maximum Gasteiger partial charge on any atom is 0.234 e. The molecule has 1 rings (SSSR count). The summed E-state index contributed by atoms with van der Waals surface area (Å²) in [5.41, 5.74) is 0.463. The molecule has 1 heterocycles. The Labute approximate surface area is 59.1 Å². The first-order valence-electron chi connectivity index (χ1n) is 3.30. The van der Waals surface area contributed by atoms with Gasteiger partial charge in [0.15, 0.2) is 0 Å². The Morgan fingerprint density at radius 3 is 2.70 bits per heavy atom. The first-order valence-corrected chi connectivity index (χ1v) is 3.30. The Balaban J connectivity index is 2.81. The lowest BCUT2D eigenvalue weighted by molar-refractivity contribution is 0.553. The summed E-state index contributed by atoms with van der Waals surface area (Å²) in [5, 5.41) is 0. The molecule has 2 nitrogen and oxygen atoms in total. The lowest BCUT2D eigenvalue weighted by atomic mass is 10.2. The van der Waals surface area contributed by atoms with Crippen molar-refractivity contribution in [1.82, 2.24) is 9.97 Å². The van der Waals surface area contributed by atoms with Crippen LogP contribution < -0.4 is 0 Å². The van der Waals surface area contributed by atoms with E-state index in [0.29, 0.717) is 12.1 Å². The van der Waals surface area contributed by atoms with Gasteiger partial charge in [-0.2, -0.15) is 4.39 Å². The summed E-state index contributed by atoms with van der Waals surface area (Å²) in [6, 6.07) is 0. The SMILES string of the molecule is CCCc1nccnc1F. The van der Waals surface area contributed by atoms with Crippen LogP contribution in [0.3, 0.4) is 0 Å². The van der Waals surface area contributed by atoms with E-state index in [1.54, 1.807) is 0 Å². The first-order chi connectivity index (χ1) is 4.84.